The monoisotopic (exact) mass is 538 g/mol. The molecule has 2 amide bonds. The maximum atomic E-state index is 14.6. The van der Waals surface area contributed by atoms with Gasteiger partial charge in [0.1, 0.15) is 5.69 Å². The molecule has 2 atom stereocenters. The second-order valence-electron chi connectivity index (χ2n) is 10.00. The number of hydrogen-bond acceptors (Lipinski definition) is 7. The van der Waals surface area contributed by atoms with Crippen molar-refractivity contribution in [1.29, 1.82) is 0 Å². The molecule has 4 rings (SSSR count). The van der Waals surface area contributed by atoms with Gasteiger partial charge in [-0.25, -0.2) is 8.78 Å². The molecule has 2 aromatic carbocycles. The number of pyridine rings is 1. The van der Waals surface area contributed by atoms with E-state index in [0.29, 0.717) is 5.39 Å². The SMILES string of the molecule is CC(C)C[C@H](NC(=O)C1(Cc2cccc(F)c2F)CC(CNC(=O)c2nccc3ccccc23)=NO1)B(O)O. The molecule has 0 fully saturated rings. The highest BCUT2D eigenvalue weighted by Crippen LogP contribution is 2.31. The zero-order valence-electron chi connectivity index (χ0n) is 21.5. The Balaban J connectivity index is 1.53. The van der Waals surface area contributed by atoms with Crippen LogP contribution in [0.5, 0.6) is 0 Å². The summed E-state index contributed by atoms with van der Waals surface area (Å²) < 4.78 is 28.5. The largest absolute Gasteiger partial charge is 0.475 e. The van der Waals surface area contributed by atoms with Crippen molar-refractivity contribution in [2.75, 3.05) is 6.54 Å². The molecule has 1 unspecified atom stereocenters. The fraction of sp³-hybridized carbons (Fsp3) is 0.333. The molecule has 9 nitrogen and oxygen atoms in total. The van der Waals surface area contributed by atoms with E-state index in [2.05, 4.69) is 20.8 Å². The van der Waals surface area contributed by atoms with Gasteiger partial charge in [0.25, 0.3) is 11.8 Å². The van der Waals surface area contributed by atoms with E-state index in [-0.39, 0.29) is 48.7 Å². The molecular weight excluding hydrogens is 509 g/mol. The van der Waals surface area contributed by atoms with Gasteiger partial charge in [0.15, 0.2) is 11.6 Å². The second-order valence-corrected chi connectivity index (χ2v) is 10.00. The van der Waals surface area contributed by atoms with Crippen LogP contribution < -0.4 is 10.6 Å². The van der Waals surface area contributed by atoms with Crippen LogP contribution in [0.2, 0.25) is 0 Å². The first-order valence-corrected chi connectivity index (χ1v) is 12.6. The Morgan fingerprint density at radius 1 is 1.13 bits per heavy atom. The number of rotatable bonds is 10. The number of hydrogen-bond donors (Lipinski definition) is 4. The molecule has 12 heteroatoms. The normalized spacial score (nSPS) is 17.5. The number of nitrogens with zero attached hydrogens (tertiary/aromatic N) is 2. The number of halogens is 2. The Hall–Kier alpha value is -3.90. The number of nitrogens with one attached hydrogen (secondary N) is 2. The summed E-state index contributed by atoms with van der Waals surface area (Å²) in [4.78, 5) is 36.1. The highest BCUT2D eigenvalue weighted by molar-refractivity contribution is 6.43. The quantitative estimate of drug-likeness (QED) is 0.294. The minimum Gasteiger partial charge on any atom is -0.426 e. The maximum absolute atomic E-state index is 14.6. The highest BCUT2D eigenvalue weighted by Gasteiger charge is 2.48. The van der Waals surface area contributed by atoms with Gasteiger partial charge in [0.05, 0.1) is 18.2 Å². The van der Waals surface area contributed by atoms with E-state index in [1.807, 2.05) is 26.0 Å². The number of aromatic nitrogens is 1. The minimum atomic E-state index is -1.85. The number of oxime groups is 1. The third-order valence-electron chi connectivity index (χ3n) is 6.50. The zero-order valence-corrected chi connectivity index (χ0v) is 21.5. The van der Waals surface area contributed by atoms with Gasteiger partial charge in [0.2, 0.25) is 5.60 Å². The molecule has 204 valence electrons. The Morgan fingerprint density at radius 2 is 1.90 bits per heavy atom. The number of carbonyl (C=O) groups excluding carboxylic acids is 2. The minimum absolute atomic E-state index is 0.0166. The number of carbonyl (C=O) groups is 2. The van der Waals surface area contributed by atoms with Crippen molar-refractivity contribution >= 4 is 35.4 Å². The molecule has 3 aromatic rings. The second kappa shape index (κ2) is 11.9. The molecule has 0 bridgehead atoms. The van der Waals surface area contributed by atoms with Gasteiger partial charge in [-0.1, -0.05) is 55.4 Å². The van der Waals surface area contributed by atoms with Crippen LogP contribution >= 0.6 is 0 Å². The molecule has 0 spiro atoms. The van der Waals surface area contributed by atoms with Crippen LogP contribution in [0.1, 0.15) is 42.7 Å². The highest BCUT2D eigenvalue weighted by atomic mass is 19.2. The Morgan fingerprint density at radius 3 is 2.64 bits per heavy atom. The number of amides is 2. The predicted molar refractivity (Wildman–Crippen MR) is 142 cm³/mol. The van der Waals surface area contributed by atoms with Gasteiger partial charge in [-0.3, -0.25) is 14.6 Å². The van der Waals surface area contributed by atoms with Gasteiger partial charge < -0.3 is 25.5 Å². The van der Waals surface area contributed by atoms with Crippen LogP contribution in [0.15, 0.2) is 59.9 Å². The first-order chi connectivity index (χ1) is 18.6. The molecule has 2 heterocycles. The number of benzene rings is 2. The van der Waals surface area contributed by atoms with Crippen molar-refractivity contribution in [3.8, 4) is 0 Å². The summed E-state index contributed by atoms with van der Waals surface area (Å²) in [6, 6.07) is 12.7. The van der Waals surface area contributed by atoms with Gasteiger partial charge in [-0.15, -0.1) is 0 Å². The van der Waals surface area contributed by atoms with E-state index in [1.54, 1.807) is 18.2 Å². The third-order valence-corrected chi connectivity index (χ3v) is 6.50. The van der Waals surface area contributed by atoms with E-state index >= 15 is 0 Å². The van der Waals surface area contributed by atoms with Crippen LogP contribution in [0.25, 0.3) is 10.8 Å². The predicted octanol–water partition coefficient (Wildman–Crippen LogP) is 2.54. The van der Waals surface area contributed by atoms with Crippen LogP contribution in [0.3, 0.4) is 0 Å². The summed E-state index contributed by atoms with van der Waals surface area (Å²) in [6.45, 7) is 3.60. The van der Waals surface area contributed by atoms with E-state index in [4.69, 9.17) is 4.84 Å². The molecule has 1 aliphatic heterocycles. The van der Waals surface area contributed by atoms with Crippen LogP contribution in [0, 0.1) is 17.6 Å². The Bertz CT molecular complexity index is 1400. The van der Waals surface area contributed by atoms with E-state index < -0.39 is 42.1 Å². The average molecular weight is 538 g/mol. The molecule has 39 heavy (non-hydrogen) atoms. The summed E-state index contributed by atoms with van der Waals surface area (Å²) in [7, 11) is -1.85. The third kappa shape index (κ3) is 6.40. The lowest BCUT2D eigenvalue weighted by molar-refractivity contribution is -0.144. The summed E-state index contributed by atoms with van der Waals surface area (Å²) >= 11 is 0. The topological polar surface area (TPSA) is 133 Å². The summed E-state index contributed by atoms with van der Waals surface area (Å²) in [6.07, 6.45) is 1.23. The number of fused-ring (bicyclic) bond motifs is 1. The molecule has 0 saturated carbocycles. The van der Waals surface area contributed by atoms with Crippen molar-refractivity contribution < 1.29 is 33.3 Å². The first-order valence-electron chi connectivity index (χ1n) is 12.6. The summed E-state index contributed by atoms with van der Waals surface area (Å²) in [5.41, 5.74) is -1.43. The van der Waals surface area contributed by atoms with Crippen molar-refractivity contribution in [2.24, 2.45) is 11.1 Å². The standard InChI is InChI=1S/C27H29BF2N4O5/c1-16(2)12-22(28(37)38)33-26(36)27(13-18-7-5-9-21(29)23(18)30)14-19(34-39-27)15-32-25(35)24-20-8-4-3-6-17(20)10-11-31-24/h3-11,16,22,37-38H,12-15H2,1-2H3,(H,32,35)(H,33,36)/t22-,27?/m0/s1. The lowest BCUT2D eigenvalue weighted by atomic mass is 9.74. The fourth-order valence-corrected chi connectivity index (χ4v) is 4.56. The first kappa shape index (κ1) is 28.1. The molecule has 0 saturated heterocycles. The van der Waals surface area contributed by atoms with Crippen molar-refractivity contribution in [1.82, 2.24) is 15.6 Å². The van der Waals surface area contributed by atoms with Crippen molar-refractivity contribution in [2.45, 2.75) is 44.7 Å². The Kier molecular flexibility index (Phi) is 8.56. The van der Waals surface area contributed by atoms with Gasteiger partial charge in [-0.05, 0) is 35.4 Å². The molecule has 0 radical (unpaired) electrons. The van der Waals surface area contributed by atoms with E-state index in [0.717, 1.165) is 11.5 Å². The lowest BCUT2D eigenvalue weighted by Gasteiger charge is -2.29. The van der Waals surface area contributed by atoms with Gasteiger partial charge >= 0.3 is 7.12 Å². The summed E-state index contributed by atoms with van der Waals surface area (Å²) in [5.74, 6) is -4.46. The van der Waals surface area contributed by atoms with Crippen LogP contribution in [0.4, 0.5) is 8.78 Å². The Labute approximate surface area is 224 Å². The van der Waals surface area contributed by atoms with Crippen molar-refractivity contribution in [3.63, 3.8) is 0 Å². The van der Waals surface area contributed by atoms with Gasteiger partial charge in [-0.2, -0.15) is 0 Å². The van der Waals surface area contributed by atoms with Crippen LogP contribution in [-0.2, 0) is 16.1 Å². The van der Waals surface area contributed by atoms with Crippen LogP contribution in [-0.4, -0.2) is 57.8 Å². The summed E-state index contributed by atoms with van der Waals surface area (Å²) in [5, 5.41) is 30.4. The van der Waals surface area contributed by atoms with Crippen molar-refractivity contribution in [3.05, 3.63) is 77.6 Å². The molecular formula is C27H29BF2N4O5. The molecule has 1 aliphatic rings. The molecule has 4 N–H and O–H groups in total. The average Bonchev–Trinajstić information content (AvgIpc) is 3.33. The van der Waals surface area contributed by atoms with E-state index in [9.17, 15) is 28.4 Å². The molecule has 1 aromatic heterocycles. The maximum Gasteiger partial charge on any atom is 0.475 e. The smallest absolute Gasteiger partial charge is 0.426 e. The van der Waals surface area contributed by atoms with E-state index in [1.165, 1.54) is 18.3 Å². The lowest BCUT2D eigenvalue weighted by Crippen LogP contribution is -2.56. The fourth-order valence-electron chi connectivity index (χ4n) is 4.56. The molecule has 0 aliphatic carbocycles. The zero-order chi connectivity index (χ0) is 28.2. The van der Waals surface area contributed by atoms with Gasteiger partial charge in [0, 0.05) is 24.4 Å².